The number of hydrogen-bond donors (Lipinski definition) is 4. The fourth-order valence-corrected chi connectivity index (χ4v) is 2.12. The molecule has 0 unspecified atom stereocenters. The van der Waals surface area contributed by atoms with Crippen molar-refractivity contribution < 1.29 is 19.1 Å². The summed E-state index contributed by atoms with van der Waals surface area (Å²) < 4.78 is 17.3. The number of hydrogen-bond acceptors (Lipinski definition) is 7. The van der Waals surface area contributed by atoms with Crippen LogP contribution >= 0.6 is 7.60 Å². The van der Waals surface area contributed by atoms with Crippen LogP contribution in [0, 0.1) is 6.92 Å². The van der Waals surface area contributed by atoms with E-state index in [1.807, 2.05) is 0 Å². The molecule has 0 aliphatic carbocycles. The van der Waals surface area contributed by atoms with Crippen molar-refractivity contribution in [1.29, 1.82) is 0 Å². The molecule has 0 bridgehead atoms. The van der Waals surface area contributed by atoms with Gasteiger partial charge in [0.15, 0.2) is 17.0 Å². The lowest BCUT2D eigenvalue weighted by Gasteiger charge is -2.08. The summed E-state index contributed by atoms with van der Waals surface area (Å²) >= 11 is 0. The van der Waals surface area contributed by atoms with Gasteiger partial charge in [0.1, 0.15) is 12.2 Å². The van der Waals surface area contributed by atoms with Gasteiger partial charge in [-0.05, 0) is 6.92 Å². The number of anilines is 2. The van der Waals surface area contributed by atoms with Crippen LogP contribution < -0.4 is 11.5 Å². The van der Waals surface area contributed by atoms with Crippen molar-refractivity contribution in [3.05, 3.63) is 5.82 Å². The van der Waals surface area contributed by atoms with E-state index in [2.05, 4.69) is 15.0 Å². The molecule has 0 radical (unpaired) electrons. The number of aryl methyl sites for hydroxylation is 1. The Morgan fingerprint density at radius 3 is 2.65 bits per heavy atom. The molecule has 11 heteroatoms. The van der Waals surface area contributed by atoms with E-state index in [1.165, 1.54) is 0 Å². The maximum absolute atomic E-state index is 10.7. The molecule has 0 saturated heterocycles. The third-order valence-corrected chi connectivity index (χ3v) is 3.07. The van der Waals surface area contributed by atoms with Crippen LogP contribution in [0.2, 0.25) is 0 Å². The maximum atomic E-state index is 10.7. The Balaban J connectivity index is 2.18. The smallest absolute Gasteiger partial charge is 0.350 e. The van der Waals surface area contributed by atoms with E-state index < -0.39 is 13.9 Å². The van der Waals surface area contributed by atoms with Crippen molar-refractivity contribution in [1.82, 2.24) is 19.5 Å². The first kappa shape index (κ1) is 14.7. The lowest BCUT2D eigenvalue weighted by molar-refractivity contribution is 0.149. The molecule has 0 spiro atoms. The van der Waals surface area contributed by atoms with E-state index in [4.69, 9.17) is 26.0 Å². The van der Waals surface area contributed by atoms with E-state index in [1.54, 1.807) is 11.5 Å². The van der Waals surface area contributed by atoms with Crippen molar-refractivity contribution in [2.45, 2.75) is 13.5 Å². The fourth-order valence-electron chi connectivity index (χ4n) is 1.76. The van der Waals surface area contributed by atoms with Crippen molar-refractivity contribution in [2.75, 3.05) is 24.4 Å². The summed E-state index contributed by atoms with van der Waals surface area (Å²) in [6.07, 6.45) is -0.627. The minimum absolute atomic E-state index is 0.0345. The first-order valence-corrected chi connectivity index (χ1v) is 7.46. The van der Waals surface area contributed by atoms with Crippen LogP contribution in [0.3, 0.4) is 0 Å². The monoisotopic (exact) mass is 302 g/mol. The van der Waals surface area contributed by atoms with Gasteiger partial charge in [0, 0.05) is 6.54 Å². The summed E-state index contributed by atoms with van der Waals surface area (Å²) in [6, 6.07) is 0. The van der Waals surface area contributed by atoms with Gasteiger partial charge >= 0.3 is 7.60 Å². The molecule has 0 aliphatic rings. The summed E-state index contributed by atoms with van der Waals surface area (Å²) in [7, 11) is -4.16. The number of aromatic nitrogens is 4. The average Bonchev–Trinajstić information content (AvgIpc) is 2.61. The van der Waals surface area contributed by atoms with Gasteiger partial charge in [-0.25, -0.2) is 4.98 Å². The molecule has 2 aromatic heterocycles. The number of imidazole rings is 1. The molecule has 0 atom stereocenters. The van der Waals surface area contributed by atoms with Gasteiger partial charge in [-0.3, -0.25) is 4.57 Å². The highest BCUT2D eigenvalue weighted by atomic mass is 31.2. The first-order chi connectivity index (χ1) is 9.28. The molecule has 0 amide bonds. The number of fused-ring (bicyclic) bond motifs is 1. The van der Waals surface area contributed by atoms with Crippen molar-refractivity contribution >= 4 is 30.5 Å². The van der Waals surface area contributed by atoms with Crippen LogP contribution in [0.25, 0.3) is 11.2 Å². The number of nitrogens with zero attached hydrogens (tertiary/aromatic N) is 4. The van der Waals surface area contributed by atoms with E-state index in [9.17, 15) is 4.57 Å². The minimum Gasteiger partial charge on any atom is -0.382 e. The Kier molecular flexibility index (Phi) is 3.91. The Bertz CT molecular complexity index is 681. The van der Waals surface area contributed by atoms with Gasteiger partial charge < -0.3 is 30.6 Å². The molecule has 0 aromatic carbocycles. The Labute approximate surface area is 113 Å². The highest BCUT2D eigenvalue weighted by Gasteiger charge is 2.15. The maximum Gasteiger partial charge on any atom is 0.350 e. The van der Waals surface area contributed by atoms with Crippen LogP contribution in [0.5, 0.6) is 0 Å². The lowest BCUT2D eigenvalue weighted by Crippen LogP contribution is -2.10. The Morgan fingerprint density at radius 2 is 2.00 bits per heavy atom. The standard InChI is InChI=1S/C9H15N6O4P/c1-5-12-6-7(10)13-9(11)14-8(6)15(5)2-3-19-4-20(16,17)18/h2-4H2,1H3,(H2,16,17,18)(H4,10,11,13,14). The van der Waals surface area contributed by atoms with Gasteiger partial charge in [0.25, 0.3) is 0 Å². The normalized spacial score (nSPS) is 12.2. The molecule has 0 saturated carbocycles. The summed E-state index contributed by atoms with van der Waals surface area (Å²) in [4.78, 5) is 29.5. The SMILES string of the molecule is Cc1nc2c(N)nc(N)nc2n1CCOCP(=O)(O)O. The Hall–Kier alpha value is -1.74. The summed E-state index contributed by atoms with van der Waals surface area (Å²) in [5.41, 5.74) is 12.1. The third kappa shape index (κ3) is 3.23. The van der Waals surface area contributed by atoms with E-state index in [0.717, 1.165) is 0 Å². The molecular formula is C9H15N6O4P. The molecule has 6 N–H and O–H groups in total. The quantitative estimate of drug-likeness (QED) is 0.419. The molecule has 20 heavy (non-hydrogen) atoms. The number of ether oxygens (including phenoxy) is 1. The highest BCUT2D eigenvalue weighted by molar-refractivity contribution is 7.51. The summed E-state index contributed by atoms with van der Waals surface area (Å²) in [5.74, 6) is 0.851. The topological polar surface area (TPSA) is 162 Å². The predicted octanol–water partition coefficient (Wildman–Crippen LogP) is -0.549. The molecule has 110 valence electrons. The zero-order valence-electron chi connectivity index (χ0n) is 10.7. The highest BCUT2D eigenvalue weighted by Crippen LogP contribution is 2.33. The van der Waals surface area contributed by atoms with Crippen molar-refractivity contribution in [3.63, 3.8) is 0 Å². The van der Waals surface area contributed by atoms with Gasteiger partial charge in [0.2, 0.25) is 5.95 Å². The van der Waals surface area contributed by atoms with Crippen molar-refractivity contribution in [3.8, 4) is 0 Å². The van der Waals surface area contributed by atoms with E-state index in [0.29, 0.717) is 23.5 Å². The van der Waals surface area contributed by atoms with Gasteiger partial charge in [-0.1, -0.05) is 0 Å². The van der Waals surface area contributed by atoms with Crippen LogP contribution in [0.15, 0.2) is 0 Å². The van der Waals surface area contributed by atoms with Gasteiger partial charge in [0.05, 0.1) is 6.61 Å². The van der Waals surface area contributed by atoms with Crippen LogP contribution in [0.4, 0.5) is 11.8 Å². The third-order valence-electron chi connectivity index (χ3n) is 2.55. The molecule has 2 heterocycles. The molecule has 0 fully saturated rings. The zero-order chi connectivity index (χ0) is 14.9. The van der Waals surface area contributed by atoms with Gasteiger partial charge in [-0.2, -0.15) is 9.97 Å². The molecule has 2 aromatic rings. The number of rotatable bonds is 5. The molecule has 0 aliphatic heterocycles. The second-order valence-corrected chi connectivity index (χ2v) is 5.74. The average molecular weight is 302 g/mol. The second kappa shape index (κ2) is 5.33. The first-order valence-electron chi connectivity index (χ1n) is 5.66. The Morgan fingerprint density at radius 1 is 1.30 bits per heavy atom. The molecule has 10 nitrogen and oxygen atoms in total. The number of nitrogens with two attached hydrogens (primary N) is 2. The second-order valence-electron chi connectivity index (χ2n) is 4.15. The van der Waals surface area contributed by atoms with Gasteiger partial charge in [-0.15, -0.1) is 0 Å². The largest absolute Gasteiger partial charge is 0.382 e. The number of nitrogen functional groups attached to an aromatic ring is 2. The minimum atomic E-state index is -4.16. The van der Waals surface area contributed by atoms with E-state index in [-0.39, 0.29) is 18.4 Å². The zero-order valence-corrected chi connectivity index (χ0v) is 11.6. The van der Waals surface area contributed by atoms with Crippen molar-refractivity contribution in [2.24, 2.45) is 0 Å². The summed E-state index contributed by atoms with van der Waals surface area (Å²) in [6.45, 7) is 2.17. The fraction of sp³-hybridized carbons (Fsp3) is 0.444. The van der Waals surface area contributed by atoms with E-state index >= 15 is 0 Å². The lowest BCUT2D eigenvalue weighted by atomic mass is 10.5. The van der Waals surface area contributed by atoms with Crippen LogP contribution in [0.1, 0.15) is 5.82 Å². The molecular weight excluding hydrogens is 287 g/mol. The van der Waals surface area contributed by atoms with Crippen LogP contribution in [-0.4, -0.2) is 42.3 Å². The molecule has 2 rings (SSSR count). The predicted molar refractivity (Wildman–Crippen MR) is 71.7 cm³/mol. The summed E-state index contributed by atoms with van der Waals surface area (Å²) in [5, 5.41) is 0. The van der Waals surface area contributed by atoms with Crippen LogP contribution in [-0.2, 0) is 15.8 Å².